The predicted octanol–water partition coefficient (Wildman–Crippen LogP) is 26.5. The van der Waals surface area contributed by atoms with Crippen molar-refractivity contribution in [2.24, 2.45) is 0 Å². The molecule has 0 radical (unpaired) electrons. The van der Waals surface area contributed by atoms with E-state index >= 15 is 70.2 Å². The summed E-state index contributed by atoms with van der Waals surface area (Å²) in [5, 5.41) is 0. The SMILES string of the molecule is Fc1c(F)c(F)c([B-](c2c(F)c(F)c(F)c(F)c2F)(c2c(F)c(F)c(F)c(F)c2F)c2c(F)c(F)c(F)c(F)c2F)c(F)c1F.Fc1c(F)c(F)c([B-](c2c(F)c(F)c(F)c(F)c2F)(c2c(F)c(F)c(F)c(F)c2F)c2c(F)c(F)c(F)c(F)c2F)c(F)c1F.c1ccc(-c2ccc(-c3ccccc3[SH+]c3ccc(-c4ccccc4)c(Sc4ccc([S+](c5ccccc5)c5ccc(-c6ccccc6)cc5)cc4)c3)cc2)cc1. The highest BCUT2D eigenvalue weighted by Crippen LogP contribution is 2.43. The summed E-state index contributed by atoms with van der Waals surface area (Å²) in [4.78, 5) is 8.97. The fourth-order valence-corrected chi connectivity index (χ4v) is 21.1. The highest BCUT2D eigenvalue weighted by Gasteiger charge is 2.56. The number of hydrogen-bond acceptors (Lipinski definition) is 1. The molecule has 752 valence electrons. The van der Waals surface area contributed by atoms with E-state index in [0.717, 1.165) is 0 Å². The van der Waals surface area contributed by atoms with Crippen LogP contribution in [0.25, 0.3) is 44.5 Å². The molecule has 0 nitrogen and oxygen atoms in total. The van der Waals surface area contributed by atoms with Gasteiger partial charge in [0.15, 0.2) is 164 Å². The van der Waals surface area contributed by atoms with Crippen LogP contribution in [0.3, 0.4) is 0 Å². The van der Waals surface area contributed by atoms with Gasteiger partial charge in [-0.25, -0.2) is 176 Å². The minimum absolute atomic E-state index is 0.234. The fourth-order valence-electron chi connectivity index (χ4n) is 16.8. The summed E-state index contributed by atoms with van der Waals surface area (Å²) < 4.78 is 588. The first-order valence-electron chi connectivity index (χ1n) is 41.0. The molecule has 0 fully saturated rings. The first kappa shape index (κ1) is 106. The van der Waals surface area contributed by atoms with Crippen LogP contribution < -0.4 is 43.7 Å². The summed E-state index contributed by atoms with van der Waals surface area (Å²) in [5.41, 5.74) is -18.8. The van der Waals surface area contributed by atoms with E-state index in [9.17, 15) is 105 Å². The number of rotatable bonds is 19. The van der Waals surface area contributed by atoms with Crippen LogP contribution in [0.5, 0.6) is 0 Å². The molecule has 0 saturated heterocycles. The second-order valence-electron chi connectivity index (χ2n) is 31.3. The Morgan fingerprint density at radius 3 is 0.619 bits per heavy atom. The lowest BCUT2D eigenvalue weighted by Gasteiger charge is -2.44. The number of benzene rings is 17. The highest BCUT2D eigenvalue weighted by atomic mass is 32.2. The molecule has 0 bridgehead atoms. The van der Waals surface area contributed by atoms with Gasteiger partial charge in [-0.3, -0.25) is 0 Å². The summed E-state index contributed by atoms with van der Waals surface area (Å²) in [6, 6.07) is 86.0. The molecule has 0 aliphatic rings. The van der Waals surface area contributed by atoms with E-state index in [-0.39, 0.29) is 10.9 Å². The third-order valence-corrected chi connectivity index (χ3v) is 27.8. The van der Waals surface area contributed by atoms with Crippen LogP contribution in [0.2, 0.25) is 0 Å². The molecule has 0 N–H and O–H groups in total. The van der Waals surface area contributed by atoms with Gasteiger partial charge in [-0.05, 0) is 124 Å². The van der Waals surface area contributed by atoms with Gasteiger partial charge in [-0.1, -0.05) is 157 Å². The maximum absolute atomic E-state index is 15.4. The van der Waals surface area contributed by atoms with Gasteiger partial charge in [0.2, 0.25) is 0 Å². The molecule has 17 aromatic carbocycles. The van der Waals surface area contributed by atoms with E-state index < -0.39 is 289 Å². The van der Waals surface area contributed by atoms with Gasteiger partial charge < -0.3 is 0 Å². The molecular formula is C102H40B2F40S3. The maximum Gasteiger partial charge on any atom is 0.200 e. The van der Waals surface area contributed by atoms with Crippen LogP contribution in [-0.4, -0.2) is 12.3 Å². The van der Waals surface area contributed by atoms with E-state index in [1.54, 1.807) is 0 Å². The first-order chi connectivity index (χ1) is 69.7. The average molecular weight is 2140 g/mol. The highest BCUT2D eigenvalue weighted by molar-refractivity contribution is 7.99. The molecule has 0 aromatic heterocycles. The normalized spacial score (nSPS) is 11.8. The zero-order valence-corrected chi connectivity index (χ0v) is 74.1. The summed E-state index contributed by atoms with van der Waals surface area (Å²) in [5.74, 6) is -143. The summed E-state index contributed by atoms with van der Waals surface area (Å²) in [6.07, 6.45) is -14.4. The smallest absolute Gasteiger partial charge is 0.200 e. The molecule has 45 heteroatoms. The molecule has 0 saturated carbocycles. The van der Waals surface area contributed by atoms with Crippen molar-refractivity contribution in [2.75, 3.05) is 0 Å². The molecule has 147 heavy (non-hydrogen) atoms. The summed E-state index contributed by atoms with van der Waals surface area (Å²) >= 11 is 3.02. The predicted molar refractivity (Wildman–Crippen MR) is 464 cm³/mol. The molecule has 0 aliphatic carbocycles. The van der Waals surface area contributed by atoms with Crippen molar-refractivity contribution in [2.45, 2.75) is 34.3 Å². The standard InChI is InChI=1S/C54H39S3.2C24BF20/c1-5-15-40(16-6-1)42-25-27-45(28-26-42)51-23-13-14-24-53(51)56-47-33-38-52(44-19-9-3-10-20-44)54(39-47)55-46-31-36-50(37-32-46)57(48-21-11-4-12-22-48)49-34-29-43(30-35-49)41-17-7-2-8-18-41;2*26-5-1(6(27)14(35)21(42)13(5)34)25(2-7(28)15(36)22(43)16(37)8(2)29,3-9(30)17(38)23(44)18(39)10(3)31)4-11(32)19(40)24(45)20(41)12(4)33/h1-39H;;/q+1;2*-1/p+1. The van der Waals surface area contributed by atoms with E-state index in [1.165, 1.54) is 90.5 Å². The second-order valence-corrected chi connectivity index (χ2v) is 35.7. The van der Waals surface area contributed by atoms with E-state index in [4.69, 9.17) is 0 Å². The molecule has 17 rings (SSSR count). The Morgan fingerprint density at radius 1 is 0.163 bits per heavy atom. The first-order valence-corrected chi connectivity index (χ1v) is 43.9. The molecule has 0 amide bonds. The van der Waals surface area contributed by atoms with Gasteiger partial charge in [0.1, 0.15) is 105 Å². The van der Waals surface area contributed by atoms with Crippen LogP contribution >= 0.6 is 11.8 Å². The monoisotopic (exact) mass is 2140 g/mol. The zero-order chi connectivity index (χ0) is 107. The molecular weight excluding hydrogens is 2100 g/mol. The molecule has 0 heterocycles. The van der Waals surface area contributed by atoms with E-state index in [0.29, 0.717) is 0 Å². The minimum atomic E-state index is -7.22. The van der Waals surface area contributed by atoms with Crippen LogP contribution in [0, 0.1) is 233 Å². The van der Waals surface area contributed by atoms with Gasteiger partial charge in [0, 0.05) is 33.2 Å². The van der Waals surface area contributed by atoms with Crippen LogP contribution in [0.1, 0.15) is 0 Å². The number of thiol groups is 1. The van der Waals surface area contributed by atoms with Gasteiger partial charge in [-0.2, -0.15) is 0 Å². The number of hydrogen-bond donors (Lipinski definition) is 0. The Balaban J connectivity index is 0.000000167. The lowest BCUT2D eigenvalue weighted by atomic mass is 9.12. The molecule has 1 atom stereocenters. The van der Waals surface area contributed by atoms with Crippen molar-refractivity contribution in [1.29, 1.82) is 0 Å². The summed E-state index contributed by atoms with van der Waals surface area (Å²) in [6.45, 7) is 0. The molecule has 0 spiro atoms. The quantitative estimate of drug-likeness (QED) is 0.0194. The summed E-state index contributed by atoms with van der Waals surface area (Å²) in [7, 11) is -0.234. The van der Waals surface area contributed by atoms with Crippen molar-refractivity contribution in [3.63, 3.8) is 0 Å². The molecule has 0 aliphatic heterocycles. The Kier molecular flexibility index (Phi) is 30.3. The van der Waals surface area contributed by atoms with Crippen molar-refractivity contribution in [3.05, 3.63) is 469 Å². The Labute approximate surface area is 810 Å². The fraction of sp³-hybridized carbons (Fsp3) is 0. The van der Waals surface area contributed by atoms with Crippen molar-refractivity contribution < 1.29 is 176 Å². The topological polar surface area (TPSA) is 0 Å². The lowest BCUT2D eigenvalue weighted by Crippen LogP contribution is -2.81. The zero-order valence-electron chi connectivity index (χ0n) is 71.6. The number of halogens is 40. The Hall–Kier alpha value is -14.9. The molecule has 17 aromatic rings. The minimum Gasteiger partial charge on any atom is -0.207 e. The van der Waals surface area contributed by atoms with Crippen LogP contribution in [0.15, 0.2) is 271 Å². The van der Waals surface area contributed by atoms with Gasteiger partial charge in [0.25, 0.3) is 0 Å². The van der Waals surface area contributed by atoms with Crippen molar-refractivity contribution >= 4 is 90.4 Å². The van der Waals surface area contributed by atoms with Gasteiger partial charge in [-0.15, -0.1) is 43.7 Å². The molecule has 1 unspecified atom stereocenters. The largest absolute Gasteiger partial charge is 0.207 e. The second kappa shape index (κ2) is 41.9. The Morgan fingerprint density at radius 2 is 0.354 bits per heavy atom. The van der Waals surface area contributed by atoms with Crippen LogP contribution in [0.4, 0.5) is 176 Å². The van der Waals surface area contributed by atoms with Crippen LogP contribution in [-0.2, 0) is 22.7 Å². The lowest BCUT2D eigenvalue weighted by molar-refractivity contribution is 0.377. The third kappa shape index (κ3) is 18.1. The van der Waals surface area contributed by atoms with Gasteiger partial charge >= 0.3 is 0 Å². The van der Waals surface area contributed by atoms with E-state index in [1.807, 2.05) is 11.8 Å². The van der Waals surface area contributed by atoms with Crippen molar-refractivity contribution in [1.82, 2.24) is 0 Å². The van der Waals surface area contributed by atoms with E-state index in [2.05, 4.69) is 237 Å². The Bertz CT molecular complexity index is 7060. The maximum atomic E-state index is 15.4. The van der Waals surface area contributed by atoms with Crippen molar-refractivity contribution in [3.8, 4) is 44.5 Å². The average Bonchev–Trinajstić information content (AvgIpc) is 0.681. The van der Waals surface area contributed by atoms with Gasteiger partial charge in [0.05, 0.1) is 10.9 Å². The third-order valence-electron chi connectivity index (χ3n) is 23.4.